The zero-order chi connectivity index (χ0) is 14.7. The molecule has 1 unspecified atom stereocenters. The number of nitro groups is 1. The van der Waals surface area contributed by atoms with Crippen molar-refractivity contribution in [2.45, 2.75) is 6.42 Å². The van der Waals surface area contributed by atoms with Gasteiger partial charge in [-0.1, -0.05) is 17.7 Å². The number of hydrogen-bond acceptors (Lipinski definition) is 4. The predicted molar refractivity (Wildman–Crippen MR) is 75.1 cm³/mol. The predicted octanol–water partition coefficient (Wildman–Crippen LogP) is 3.29. The zero-order valence-corrected chi connectivity index (χ0v) is 11.5. The molecule has 20 heavy (non-hydrogen) atoms. The summed E-state index contributed by atoms with van der Waals surface area (Å²) in [5.74, 6) is -0.861. The first-order valence-electron chi connectivity index (χ1n) is 5.93. The quantitative estimate of drug-likeness (QED) is 0.487. The molecule has 2 rings (SSSR count). The molecule has 0 spiro atoms. The van der Waals surface area contributed by atoms with Gasteiger partial charge in [0.15, 0.2) is 0 Å². The Morgan fingerprint density at radius 1 is 1.40 bits per heavy atom. The smallest absolute Gasteiger partial charge is 0.313 e. The van der Waals surface area contributed by atoms with Crippen LogP contribution in [0.25, 0.3) is 5.57 Å². The standard InChI is InChI=1S/C14H12ClNO4/c1-20-14(17)11-3-2-4-12(15)13(11)9-5-7-10(8-6-9)16(18)19/h2,4-8,11H,3H2,1H3. The third kappa shape index (κ3) is 2.72. The number of carbonyl (C=O) groups excluding carboxylic acids is 1. The summed E-state index contributed by atoms with van der Waals surface area (Å²) in [6.45, 7) is 0. The number of hydrogen-bond donors (Lipinski definition) is 0. The van der Waals surface area contributed by atoms with E-state index in [1.807, 2.05) is 0 Å². The van der Waals surface area contributed by atoms with Gasteiger partial charge in [-0.05, 0) is 35.8 Å². The van der Waals surface area contributed by atoms with Gasteiger partial charge in [-0.25, -0.2) is 0 Å². The Morgan fingerprint density at radius 3 is 2.60 bits per heavy atom. The monoisotopic (exact) mass is 293 g/mol. The van der Waals surface area contributed by atoms with Crippen molar-refractivity contribution in [1.29, 1.82) is 0 Å². The lowest BCUT2D eigenvalue weighted by Crippen LogP contribution is -2.19. The maximum absolute atomic E-state index is 11.8. The van der Waals surface area contributed by atoms with Crippen molar-refractivity contribution in [3.05, 3.63) is 57.1 Å². The average molecular weight is 294 g/mol. The van der Waals surface area contributed by atoms with Gasteiger partial charge in [-0.3, -0.25) is 14.9 Å². The molecule has 0 aromatic heterocycles. The second-order valence-corrected chi connectivity index (χ2v) is 4.69. The Hall–Kier alpha value is -2.14. The number of halogens is 1. The molecule has 0 bridgehead atoms. The summed E-state index contributed by atoms with van der Waals surface area (Å²) in [6.07, 6.45) is 4.02. The molecule has 0 saturated heterocycles. The minimum Gasteiger partial charge on any atom is -0.469 e. The number of allylic oxidation sites excluding steroid dienone is 3. The Morgan fingerprint density at radius 2 is 2.05 bits per heavy atom. The zero-order valence-electron chi connectivity index (χ0n) is 10.7. The molecule has 0 N–H and O–H groups in total. The highest BCUT2D eigenvalue weighted by Crippen LogP contribution is 2.36. The van der Waals surface area contributed by atoms with Gasteiger partial charge < -0.3 is 4.74 Å². The van der Waals surface area contributed by atoms with E-state index < -0.39 is 10.8 Å². The molecule has 1 aromatic carbocycles. The van der Waals surface area contributed by atoms with Crippen LogP contribution in [-0.4, -0.2) is 18.0 Å². The van der Waals surface area contributed by atoms with Crippen molar-refractivity contribution < 1.29 is 14.5 Å². The first-order valence-corrected chi connectivity index (χ1v) is 6.31. The first-order chi connectivity index (χ1) is 9.54. The number of carbonyl (C=O) groups is 1. The van der Waals surface area contributed by atoms with E-state index in [4.69, 9.17) is 16.3 Å². The summed E-state index contributed by atoms with van der Waals surface area (Å²) < 4.78 is 4.78. The second kappa shape index (κ2) is 5.88. The Bertz CT molecular complexity index is 604. The van der Waals surface area contributed by atoms with Crippen LogP contribution in [0, 0.1) is 16.0 Å². The molecule has 0 saturated carbocycles. The highest BCUT2D eigenvalue weighted by Gasteiger charge is 2.28. The van der Waals surface area contributed by atoms with E-state index >= 15 is 0 Å². The van der Waals surface area contributed by atoms with Crippen molar-refractivity contribution in [2.24, 2.45) is 5.92 Å². The van der Waals surface area contributed by atoms with Crippen molar-refractivity contribution in [3.63, 3.8) is 0 Å². The van der Waals surface area contributed by atoms with E-state index in [1.54, 1.807) is 24.3 Å². The minimum absolute atomic E-state index is 0.00792. The molecule has 104 valence electrons. The van der Waals surface area contributed by atoms with Crippen molar-refractivity contribution >= 4 is 28.8 Å². The molecule has 1 aromatic rings. The molecular weight excluding hydrogens is 282 g/mol. The largest absolute Gasteiger partial charge is 0.469 e. The average Bonchev–Trinajstić information content (AvgIpc) is 2.46. The fourth-order valence-corrected chi connectivity index (χ4v) is 2.47. The van der Waals surface area contributed by atoms with Crippen LogP contribution >= 0.6 is 11.6 Å². The van der Waals surface area contributed by atoms with Crippen LogP contribution in [0.5, 0.6) is 0 Å². The lowest BCUT2D eigenvalue weighted by atomic mass is 9.86. The molecule has 1 aliphatic rings. The summed E-state index contributed by atoms with van der Waals surface area (Å²) >= 11 is 6.17. The number of nitro benzene ring substituents is 1. The Labute approximate surface area is 120 Å². The summed E-state index contributed by atoms with van der Waals surface area (Å²) in [6, 6.07) is 5.95. The van der Waals surface area contributed by atoms with Gasteiger partial charge in [0.2, 0.25) is 0 Å². The van der Waals surface area contributed by atoms with E-state index in [0.717, 1.165) is 0 Å². The maximum Gasteiger partial charge on any atom is 0.313 e. The lowest BCUT2D eigenvalue weighted by Gasteiger charge is -2.21. The van der Waals surface area contributed by atoms with E-state index in [0.29, 0.717) is 22.6 Å². The van der Waals surface area contributed by atoms with Crippen molar-refractivity contribution in [3.8, 4) is 0 Å². The summed E-state index contributed by atoms with van der Waals surface area (Å²) in [5.41, 5.74) is 1.31. The fraction of sp³-hybridized carbons (Fsp3) is 0.214. The normalized spacial score (nSPS) is 18.0. The highest BCUT2D eigenvalue weighted by molar-refractivity contribution is 6.35. The SMILES string of the molecule is COC(=O)C1CC=CC(Cl)=C1c1ccc([N+](=O)[O-])cc1. The van der Waals surface area contributed by atoms with Gasteiger partial charge in [0.05, 0.1) is 18.0 Å². The number of ether oxygens (including phenoxy) is 1. The van der Waals surface area contributed by atoms with E-state index in [9.17, 15) is 14.9 Å². The van der Waals surface area contributed by atoms with Crippen molar-refractivity contribution in [1.82, 2.24) is 0 Å². The van der Waals surface area contributed by atoms with E-state index in [2.05, 4.69) is 0 Å². The lowest BCUT2D eigenvalue weighted by molar-refractivity contribution is -0.384. The van der Waals surface area contributed by atoms with Crippen LogP contribution in [0.2, 0.25) is 0 Å². The summed E-state index contributed by atoms with van der Waals surface area (Å²) in [7, 11) is 1.32. The molecule has 1 atom stereocenters. The first kappa shape index (κ1) is 14.3. The van der Waals surface area contributed by atoms with Crippen LogP contribution in [-0.2, 0) is 9.53 Å². The third-order valence-corrected chi connectivity index (χ3v) is 3.45. The second-order valence-electron chi connectivity index (χ2n) is 4.28. The van der Waals surface area contributed by atoms with Crippen LogP contribution in [0.3, 0.4) is 0 Å². The number of benzene rings is 1. The maximum atomic E-state index is 11.8. The summed E-state index contributed by atoms with van der Waals surface area (Å²) in [4.78, 5) is 22.0. The number of esters is 1. The van der Waals surface area contributed by atoms with Gasteiger partial charge >= 0.3 is 5.97 Å². The molecular formula is C14H12ClNO4. The number of rotatable bonds is 3. The van der Waals surface area contributed by atoms with E-state index in [-0.39, 0.29) is 11.7 Å². The van der Waals surface area contributed by atoms with Gasteiger partial charge in [-0.2, -0.15) is 0 Å². The number of methoxy groups -OCH3 is 1. The molecule has 0 amide bonds. The molecule has 6 heteroatoms. The molecule has 0 fully saturated rings. The summed E-state index contributed by atoms with van der Waals surface area (Å²) in [5, 5.41) is 11.1. The Kier molecular flexibility index (Phi) is 4.20. The van der Waals surface area contributed by atoms with Crippen LogP contribution in [0.1, 0.15) is 12.0 Å². The van der Waals surface area contributed by atoms with E-state index in [1.165, 1.54) is 19.2 Å². The number of nitrogens with zero attached hydrogens (tertiary/aromatic N) is 1. The fourth-order valence-electron chi connectivity index (χ4n) is 2.14. The van der Waals surface area contributed by atoms with Crippen LogP contribution < -0.4 is 0 Å². The highest BCUT2D eigenvalue weighted by atomic mass is 35.5. The van der Waals surface area contributed by atoms with Crippen LogP contribution in [0.4, 0.5) is 5.69 Å². The molecule has 0 heterocycles. The Balaban J connectivity index is 2.43. The minimum atomic E-state index is -0.487. The molecule has 0 aliphatic heterocycles. The molecule has 5 nitrogen and oxygen atoms in total. The van der Waals surface area contributed by atoms with Gasteiger partial charge in [-0.15, -0.1) is 0 Å². The van der Waals surface area contributed by atoms with Gasteiger partial charge in [0.1, 0.15) is 0 Å². The van der Waals surface area contributed by atoms with Crippen molar-refractivity contribution in [2.75, 3.05) is 7.11 Å². The van der Waals surface area contributed by atoms with Gasteiger partial charge in [0.25, 0.3) is 5.69 Å². The van der Waals surface area contributed by atoms with Gasteiger partial charge in [0, 0.05) is 17.2 Å². The van der Waals surface area contributed by atoms with Crippen LogP contribution in [0.15, 0.2) is 41.4 Å². The third-order valence-electron chi connectivity index (χ3n) is 3.12. The molecule has 1 aliphatic carbocycles. The number of non-ortho nitro benzene ring substituents is 1. The molecule has 0 radical (unpaired) electrons. The topological polar surface area (TPSA) is 69.4 Å².